The lowest BCUT2D eigenvalue weighted by Gasteiger charge is -2.12. The van der Waals surface area contributed by atoms with Crippen molar-refractivity contribution in [2.75, 3.05) is 0 Å². The molecule has 1 atom stereocenters. The number of hydrogen-bond donors (Lipinski definition) is 0. The van der Waals surface area contributed by atoms with Crippen molar-refractivity contribution in [3.05, 3.63) is 71.3 Å². The lowest BCUT2D eigenvalue weighted by atomic mass is 10.0. The van der Waals surface area contributed by atoms with Crippen LogP contribution in [0.5, 0.6) is 0 Å². The Morgan fingerprint density at radius 1 is 1.08 bits per heavy atom. The van der Waals surface area contributed by atoms with Crippen molar-refractivity contribution in [2.24, 2.45) is 0 Å². The predicted octanol–water partition coefficient (Wildman–Crippen LogP) is 3.10. The van der Waals surface area contributed by atoms with E-state index in [2.05, 4.69) is 4.79 Å². The van der Waals surface area contributed by atoms with Crippen LogP contribution in [0.2, 0.25) is 0 Å². The van der Waals surface area contributed by atoms with Crippen LogP contribution in [-0.4, -0.2) is 30.0 Å². The van der Waals surface area contributed by atoms with E-state index in [1.807, 2.05) is 6.92 Å². The highest BCUT2D eigenvalue weighted by Crippen LogP contribution is 2.21. The van der Waals surface area contributed by atoms with E-state index in [0.29, 0.717) is 0 Å². The van der Waals surface area contributed by atoms with Crippen LogP contribution in [0.1, 0.15) is 29.3 Å². The van der Waals surface area contributed by atoms with Gasteiger partial charge in [-0.05, 0) is 25.5 Å². The van der Waals surface area contributed by atoms with Crippen LogP contribution in [0.4, 0.5) is 0 Å². The molecular weight excluding hydrogens is 324 g/mol. The summed E-state index contributed by atoms with van der Waals surface area (Å²) in [4.78, 5) is 15.7. The number of sulfone groups is 1. The van der Waals surface area contributed by atoms with Gasteiger partial charge >= 0.3 is 5.71 Å². The van der Waals surface area contributed by atoms with Crippen molar-refractivity contribution in [1.29, 1.82) is 0 Å². The molecule has 2 rings (SSSR count). The van der Waals surface area contributed by atoms with Crippen molar-refractivity contribution in [1.82, 2.24) is 0 Å². The summed E-state index contributed by atoms with van der Waals surface area (Å²) in [5, 5.41) is -1.21. The topological polar surface area (TPSA) is 87.6 Å². The number of benzene rings is 2. The third-order valence-corrected chi connectivity index (χ3v) is 6.01. The maximum absolute atomic E-state index is 12.9. The van der Waals surface area contributed by atoms with Crippen LogP contribution in [0.15, 0.2) is 59.5 Å². The lowest BCUT2D eigenvalue weighted by molar-refractivity contribution is -0.00881. The van der Waals surface area contributed by atoms with Crippen molar-refractivity contribution < 1.29 is 18.0 Å². The maximum atomic E-state index is 12.9. The summed E-state index contributed by atoms with van der Waals surface area (Å²) in [5.74, 6) is -0.597. The molecule has 0 saturated heterocycles. The Morgan fingerprint density at radius 2 is 1.67 bits per heavy atom. The highest BCUT2D eigenvalue weighted by Gasteiger charge is 2.41. The Balaban J connectivity index is 2.47. The third kappa shape index (κ3) is 3.50. The molecule has 124 valence electrons. The normalized spacial score (nSPS) is 12.2. The SMILES string of the molecule is CCC(C(=[N+]=[N-])C(=O)c1ccccc1)S(=O)(=O)c1ccc(C)cc1. The quantitative estimate of drug-likeness (QED) is 0.350. The fraction of sp³-hybridized carbons (Fsp3) is 0.222. The van der Waals surface area contributed by atoms with Crippen LogP contribution >= 0.6 is 0 Å². The van der Waals surface area contributed by atoms with Gasteiger partial charge in [-0.3, -0.25) is 4.79 Å². The summed E-state index contributed by atoms with van der Waals surface area (Å²) in [6.45, 7) is 3.49. The van der Waals surface area contributed by atoms with Crippen LogP contribution in [0.3, 0.4) is 0 Å². The van der Waals surface area contributed by atoms with Crippen molar-refractivity contribution in [2.45, 2.75) is 30.4 Å². The average molecular weight is 342 g/mol. The molecule has 0 saturated carbocycles. The first-order valence-electron chi connectivity index (χ1n) is 7.54. The summed E-state index contributed by atoms with van der Waals surface area (Å²) in [6.07, 6.45) is 0.119. The van der Waals surface area contributed by atoms with E-state index in [1.54, 1.807) is 49.4 Å². The fourth-order valence-corrected chi connectivity index (χ4v) is 4.18. The Kier molecular flexibility index (Phi) is 5.44. The van der Waals surface area contributed by atoms with E-state index < -0.39 is 20.9 Å². The second kappa shape index (κ2) is 7.34. The van der Waals surface area contributed by atoms with Gasteiger partial charge in [-0.25, -0.2) is 8.42 Å². The molecule has 0 aliphatic heterocycles. The molecule has 2 aromatic carbocycles. The van der Waals surface area contributed by atoms with E-state index in [1.165, 1.54) is 12.1 Å². The molecule has 0 radical (unpaired) electrons. The Morgan fingerprint density at radius 3 is 2.17 bits per heavy atom. The van der Waals surface area contributed by atoms with Gasteiger partial charge in [0.15, 0.2) is 15.1 Å². The van der Waals surface area contributed by atoms with E-state index in [-0.39, 0.29) is 22.6 Å². The second-order valence-corrected chi connectivity index (χ2v) is 7.57. The van der Waals surface area contributed by atoms with Gasteiger partial charge < -0.3 is 5.53 Å². The molecule has 0 aliphatic rings. The minimum Gasteiger partial charge on any atom is -0.361 e. The van der Waals surface area contributed by atoms with Gasteiger partial charge in [0.1, 0.15) is 0 Å². The summed E-state index contributed by atoms with van der Waals surface area (Å²) < 4.78 is 25.7. The number of rotatable bonds is 6. The fourth-order valence-electron chi connectivity index (χ4n) is 2.45. The number of nitrogens with zero attached hydrogens (tertiary/aromatic N) is 2. The van der Waals surface area contributed by atoms with Gasteiger partial charge in [0.25, 0.3) is 5.78 Å². The first-order chi connectivity index (χ1) is 11.4. The predicted molar refractivity (Wildman–Crippen MR) is 91.8 cm³/mol. The highest BCUT2D eigenvalue weighted by molar-refractivity contribution is 7.93. The second-order valence-electron chi connectivity index (χ2n) is 5.44. The first-order valence-corrected chi connectivity index (χ1v) is 9.08. The largest absolute Gasteiger partial charge is 0.361 e. The summed E-state index contributed by atoms with van der Waals surface area (Å²) in [6, 6.07) is 14.5. The minimum atomic E-state index is -3.84. The monoisotopic (exact) mass is 342 g/mol. The zero-order valence-corrected chi connectivity index (χ0v) is 14.3. The number of ketones is 1. The summed E-state index contributed by atoms with van der Waals surface area (Å²) in [7, 11) is -3.84. The average Bonchev–Trinajstić information content (AvgIpc) is 2.60. The first kappa shape index (κ1) is 17.8. The summed E-state index contributed by atoms with van der Waals surface area (Å²) in [5.41, 5.74) is 10.2. The molecule has 0 bridgehead atoms. The highest BCUT2D eigenvalue weighted by atomic mass is 32.2. The molecule has 24 heavy (non-hydrogen) atoms. The molecule has 0 heterocycles. The van der Waals surface area contributed by atoms with Crippen molar-refractivity contribution in [3.8, 4) is 0 Å². The zero-order chi connectivity index (χ0) is 17.7. The molecule has 0 N–H and O–H groups in total. The molecule has 1 unspecified atom stereocenters. The van der Waals surface area contributed by atoms with E-state index >= 15 is 0 Å². The van der Waals surface area contributed by atoms with Gasteiger partial charge in [-0.2, -0.15) is 4.79 Å². The zero-order valence-electron chi connectivity index (χ0n) is 13.5. The molecule has 0 fully saturated rings. The van der Waals surface area contributed by atoms with Crippen LogP contribution < -0.4 is 0 Å². The smallest absolute Gasteiger partial charge is 0.357 e. The standard InChI is InChI=1S/C18H18N2O3S/c1-3-16(24(22,23)15-11-9-13(2)10-12-15)17(20-19)18(21)14-7-5-4-6-8-14/h4-12,16H,3H2,1-2H3. The molecule has 0 aliphatic carbocycles. The minimum absolute atomic E-state index is 0.0990. The third-order valence-electron chi connectivity index (χ3n) is 3.78. The van der Waals surface area contributed by atoms with Crippen LogP contribution in [0, 0.1) is 6.92 Å². The van der Waals surface area contributed by atoms with E-state index in [9.17, 15) is 18.7 Å². The van der Waals surface area contributed by atoms with Gasteiger partial charge in [-0.1, -0.05) is 55.0 Å². The Hall–Kier alpha value is -2.56. The molecule has 0 spiro atoms. The van der Waals surface area contributed by atoms with Gasteiger partial charge in [-0.15, -0.1) is 0 Å². The maximum Gasteiger partial charge on any atom is 0.357 e. The van der Waals surface area contributed by atoms with E-state index in [0.717, 1.165) is 5.56 Å². The molecule has 0 amide bonds. The molecular formula is C18H18N2O3S. The van der Waals surface area contributed by atoms with Crippen molar-refractivity contribution in [3.63, 3.8) is 0 Å². The Bertz CT molecular complexity index is 882. The van der Waals surface area contributed by atoms with Gasteiger partial charge in [0, 0.05) is 5.56 Å². The number of hydrogen-bond acceptors (Lipinski definition) is 3. The number of aryl methyl sites for hydroxylation is 1. The molecule has 5 nitrogen and oxygen atoms in total. The lowest BCUT2D eigenvalue weighted by Crippen LogP contribution is -2.36. The van der Waals surface area contributed by atoms with Crippen LogP contribution in [-0.2, 0) is 9.84 Å². The number of carbonyl (C=O) groups excluding carboxylic acids is 1. The summed E-state index contributed by atoms with van der Waals surface area (Å²) >= 11 is 0. The van der Waals surface area contributed by atoms with Crippen LogP contribution in [0.25, 0.3) is 5.53 Å². The van der Waals surface area contributed by atoms with Crippen molar-refractivity contribution >= 4 is 21.3 Å². The molecule has 0 aromatic heterocycles. The van der Waals surface area contributed by atoms with E-state index in [4.69, 9.17) is 0 Å². The number of carbonyl (C=O) groups is 1. The van der Waals surface area contributed by atoms with Gasteiger partial charge in [0.05, 0.1) is 4.90 Å². The van der Waals surface area contributed by atoms with Gasteiger partial charge in [0.2, 0.25) is 0 Å². The molecule has 2 aromatic rings. The molecule has 6 heteroatoms. The number of Topliss-reactive ketones (excluding diaryl/α,β-unsaturated/α-hetero) is 1. The Labute approximate surface area is 141 Å².